The summed E-state index contributed by atoms with van der Waals surface area (Å²) >= 11 is 1.89. The van der Waals surface area contributed by atoms with E-state index in [0.29, 0.717) is 6.04 Å². The van der Waals surface area contributed by atoms with Gasteiger partial charge in [-0.25, -0.2) is 0 Å². The highest BCUT2D eigenvalue weighted by molar-refractivity contribution is 7.98. The molecule has 1 nitrogen and oxygen atoms in total. The Morgan fingerprint density at radius 2 is 1.75 bits per heavy atom. The standard InChI is InChI=1S/C14H23NS/c1-10-8-12(3)14(9-11(10)2)13(4)15-6-7-16-5/h8-9,13,15H,6-7H2,1-5H3. The second kappa shape index (κ2) is 6.31. The van der Waals surface area contributed by atoms with Crippen LogP contribution in [0.5, 0.6) is 0 Å². The van der Waals surface area contributed by atoms with E-state index in [1.807, 2.05) is 11.8 Å². The van der Waals surface area contributed by atoms with Crippen LogP contribution in [-0.2, 0) is 0 Å². The highest BCUT2D eigenvalue weighted by Crippen LogP contribution is 2.21. The van der Waals surface area contributed by atoms with Crippen LogP contribution in [0.15, 0.2) is 12.1 Å². The van der Waals surface area contributed by atoms with Crippen LogP contribution in [0.2, 0.25) is 0 Å². The number of hydrogen-bond acceptors (Lipinski definition) is 2. The lowest BCUT2D eigenvalue weighted by Gasteiger charge is -2.18. The molecule has 0 bridgehead atoms. The second-order valence-electron chi connectivity index (χ2n) is 4.46. The van der Waals surface area contributed by atoms with Crippen LogP contribution in [0, 0.1) is 20.8 Å². The zero-order valence-corrected chi connectivity index (χ0v) is 11.9. The molecule has 90 valence electrons. The maximum Gasteiger partial charge on any atom is 0.0294 e. The van der Waals surface area contributed by atoms with Crippen LogP contribution in [0.4, 0.5) is 0 Å². The summed E-state index contributed by atoms with van der Waals surface area (Å²) in [4.78, 5) is 0. The third kappa shape index (κ3) is 3.53. The third-order valence-electron chi connectivity index (χ3n) is 3.11. The van der Waals surface area contributed by atoms with E-state index in [9.17, 15) is 0 Å². The molecule has 0 aliphatic carbocycles. The normalized spacial score (nSPS) is 12.8. The Balaban J connectivity index is 2.75. The molecule has 0 radical (unpaired) electrons. The predicted molar refractivity (Wildman–Crippen MR) is 75.5 cm³/mol. The first kappa shape index (κ1) is 13.6. The summed E-state index contributed by atoms with van der Waals surface area (Å²) in [5.74, 6) is 1.17. The third-order valence-corrected chi connectivity index (χ3v) is 3.72. The molecule has 1 rings (SSSR count). The molecule has 16 heavy (non-hydrogen) atoms. The molecular formula is C14H23NS. The molecule has 0 aliphatic heterocycles. The first-order valence-electron chi connectivity index (χ1n) is 5.86. The monoisotopic (exact) mass is 237 g/mol. The van der Waals surface area contributed by atoms with Crippen molar-refractivity contribution in [2.75, 3.05) is 18.6 Å². The van der Waals surface area contributed by atoms with Gasteiger partial charge in [0.1, 0.15) is 0 Å². The van der Waals surface area contributed by atoms with Crippen LogP contribution >= 0.6 is 11.8 Å². The van der Waals surface area contributed by atoms with Crippen LogP contribution in [0.25, 0.3) is 0 Å². The van der Waals surface area contributed by atoms with Gasteiger partial charge in [-0.2, -0.15) is 11.8 Å². The molecule has 0 saturated heterocycles. The summed E-state index contributed by atoms with van der Waals surface area (Å²) in [7, 11) is 0. The molecule has 1 unspecified atom stereocenters. The molecule has 0 spiro atoms. The van der Waals surface area contributed by atoms with E-state index < -0.39 is 0 Å². The molecule has 0 fully saturated rings. The van der Waals surface area contributed by atoms with E-state index in [4.69, 9.17) is 0 Å². The topological polar surface area (TPSA) is 12.0 Å². The van der Waals surface area contributed by atoms with Gasteiger partial charge in [-0.3, -0.25) is 0 Å². The number of aryl methyl sites for hydroxylation is 3. The Labute approximate surface area is 104 Å². The minimum absolute atomic E-state index is 0.450. The molecule has 2 heteroatoms. The first-order valence-corrected chi connectivity index (χ1v) is 7.25. The van der Waals surface area contributed by atoms with Crippen molar-refractivity contribution in [3.05, 3.63) is 34.4 Å². The Morgan fingerprint density at radius 3 is 2.38 bits per heavy atom. The predicted octanol–water partition coefficient (Wildman–Crippen LogP) is 3.63. The van der Waals surface area contributed by atoms with Crippen LogP contribution in [0.1, 0.15) is 35.2 Å². The molecule has 0 saturated carbocycles. The van der Waals surface area contributed by atoms with Gasteiger partial charge in [0.25, 0.3) is 0 Å². The molecule has 0 aliphatic rings. The zero-order valence-electron chi connectivity index (χ0n) is 11.1. The number of hydrogen-bond donors (Lipinski definition) is 1. The molecule has 0 heterocycles. The number of nitrogens with one attached hydrogen (secondary N) is 1. The summed E-state index contributed by atoms with van der Waals surface area (Å²) in [5, 5.41) is 3.57. The van der Waals surface area contributed by atoms with E-state index in [1.165, 1.54) is 28.0 Å². The van der Waals surface area contributed by atoms with Crippen molar-refractivity contribution in [1.82, 2.24) is 5.32 Å². The van der Waals surface area contributed by atoms with Crippen LogP contribution < -0.4 is 5.32 Å². The van der Waals surface area contributed by atoms with Crippen molar-refractivity contribution in [1.29, 1.82) is 0 Å². The Morgan fingerprint density at radius 1 is 1.12 bits per heavy atom. The van der Waals surface area contributed by atoms with E-state index in [1.54, 1.807) is 0 Å². The highest BCUT2D eigenvalue weighted by atomic mass is 32.2. The van der Waals surface area contributed by atoms with Gasteiger partial charge in [0.15, 0.2) is 0 Å². The molecule has 0 amide bonds. The SMILES string of the molecule is CSCCNC(C)c1cc(C)c(C)cc1C. The molecule has 1 N–H and O–H groups in total. The highest BCUT2D eigenvalue weighted by Gasteiger charge is 2.08. The molecule has 1 atom stereocenters. The van der Waals surface area contributed by atoms with Gasteiger partial charge in [-0.05, 0) is 56.2 Å². The van der Waals surface area contributed by atoms with Crippen molar-refractivity contribution >= 4 is 11.8 Å². The van der Waals surface area contributed by atoms with Gasteiger partial charge < -0.3 is 5.32 Å². The van der Waals surface area contributed by atoms with Gasteiger partial charge in [0.05, 0.1) is 0 Å². The van der Waals surface area contributed by atoms with E-state index in [2.05, 4.69) is 51.4 Å². The lowest BCUT2D eigenvalue weighted by molar-refractivity contribution is 0.598. The van der Waals surface area contributed by atoms with Crippen molar-refractivity contribution in [2.45, 2.75) is 33.7 Å². The van der Waals surface area contributed by atoms with Gasteiger partial charge >= 0.3 is 0 Å². The smallest absolute Gasteiger partial charge is 0.0294 e. The van der Waals surface area contributed by atoms with E-state index in [-0.39, 0.29) is 0 Å². The van der Waals surface area contributed by atoms with Crippen LogP contribution in [-0.4, -0.2) is 18.6 Å². The van der Waals surface area contributed by atoms with Crippen LogP contribution in [0.3, 0.4) is 0 Å². The molecular weight excluding hydrogens is 214 g/mol. The molecule has 1 aromatic rings. The van der Waals surface area contributed by atoms with E-state index in [0.717, 1.165) is 6.54 Å². The summed E-state index contributed by atoms with van der Waals surface area (Å²) in [6.45, 7) is 9.89. The molecule has 1 aromatic carbocycles. The largest absolute Gasteiger partial charge is 0.309 e. The molecule has 0 aromatic heterocycles. The summed E-state index contributed by atoms with van der Waals surface area (Å²) in [6.07, 6.45) is 2.15. The number of thioether (sulfide) groups is 1. The van der Waals surface area contributed by atoms with Gasteiger partial charge in [0.2, 0.25) is 0 Å². The van der Waals surface area contributed by atoms with Crippen molar-refractivity contribution in [3.63, 3.8) is 0 Å². The fourth-order valence-corrected chi connectivity index (χ4v) is 2.26. The fraction of sp³-hybridized carbons (Fsp3) is 0.571. The first-order chi connectivity index (χ1) is 7.56. The quantitative estimate of drug-likeness (QED) is 0.785. The number of benzene rings is 1. The minimum atomic E-state index is 0.450. The lowest BCUT2D eigenvalue weighted by atomic mass is 9.96. The Kier molecular flexibility index (Phi) is 5.36. The minimum Gasteiger partial charge on any atom is -0.309 e. The average Bonchev–Trinajstić information content (AvgIpc) is 2.23. The summed E-state index contributed by atoms with van der Waals surface area (Å²) < 4.78 is 0. The van der Waals surface area contributed by atoms with Crippen molar-refractivity contribution in [2.24, 2.45) is 0 Å². The lowest BCUT2D eigenvalue weighted by Crippen LogP contribution is -2.22. The maximum absolute atomic E-state index is 3.57. The van der Waals surface area contributed by atoms with Crippen molar-refractivity contribution in [3.8, 4) is 0 Å². The fourth-order valence-electron chi connectivity index (χ4n) is 1.94. The van der Waals surface area contributed by atoms with Gasteiger partial charge in [0, 0.05) is 18.3 Å². The Bertz CT molecular complexity index is 347. The zero-order chi connectivity index (χ0) is 12.1. The van der Waals surface area contributed by atoms with Gasteiger partial charge in [-0.15, -0.1) is 0 Å². The van der Waals surface area contributed by atoms with Crippen molar-refractivity contribution < 1.29 is 0 Å². The van der Waals surface area contributed by atoms with E-state index >= 15 is 0 Å². The summed E-state index contributed by atoms with van der Waals surface area (Å²) in [5.41, 5.74) is 5.60. The average molecular weight is 237 g/mol. The summed E-state index contributed by atoms with van der Waals surface area (Å²) in [6, 6.07) is 5.06. The Hall–Kier alpha value is -0.470. The number of rotatable bonds is 5. The second-order valence-corrected chi connectivity index (χ2v) is 5.45. The maximum atomic E-state index is 3.57. The van der Waals surface area contributed by atoms with Gasteiger partial charge in [-0.1, -0.05) is 12.1 Å².